The van der Waals surface area contributed by atoms with Gasteiger partial charge in [0.15, 0.2) is 5.69 Å². The van der Waals surface area contributed by atoms with Gasteiger partial charge in [-0.05, 0) is 12.1 Å². The van der Waals surface area contributed by atoms with Crippen LogP contribution in [0.2, 0.25) is 0 Å². The van der Waals surface area contributed by atoms with E-state index in [-0.39, 0.29) is 43.9 Å². The van der Waals surface area contributed by atoms with Crippen LogP contribution < -0.4 is 4.90 Å². The van der Waals surface area contributed by atoms with Gasteiger partial charge in [0.2, 0.25) is 0 Å². The molecule has 9 nitrogen and oxygen atoms in total. The van der Waals surface area contributed by atoms with E-state index in [1.54, 1.807) is 0 Å². The molecule has 0 bridgehead atoms. The Morgan fingerprint density at radius 3 is 1.90 bits per heavy atom. The number of alkyl halides is 3. The summed E-state index contributed by atoms with van der Waals surface area (Å²) in [4.78, 5) is 35.5. The number of hydrogen-bond acceptors (Lipinski definition) is 6. The van der Waals surface area contributed by atoms with Gasteiger partial charge in [0, 0.05) is 38.3 Å². The minimum absolute atomic E-state index is 0.0670. The molecule has 2 aromatic rings. The predicted molar refractivity (Wildman–Crippen MR) is 99.3 cm³/mol. The van der Waals surface area contributed by atoms with E-state index in [2.05, 4.69) is 0 Å². The number of nitro groups is 2. The van der Waals surface area contributed by atoms with Gasteiger partial charge in [-0.25, -0.2) is 4.39 Å². The summed E-state index contributed by atoms with van der Waals surface area (Å²) >= 11 is 0. The molecule has 164 valence electrons. The number of anilines is 1. The van der Waals surface area contributed by atoms with E-state index in [1.165, 1.54) is 28.0 Å². The SMILES string of the molecule is O=C(c1ccccc1F)N1CCN(c2c([N+](=O)[O-])cc(C(F)(F)F)cc2[N+](=O)[O-])CC1. The second-order valence-electron chi connectivity index (χ2n) is 6.63. The van der Waals surface area contributed by atoms with Crippen LogP contribution in [-0.4, -0.2) is 46.8 Å². The fraction of sp³-hybridized carbons (Fsp3) is 0.278. The first-order valence-corrected chi connectivity index (χ1v) is 8.83. The third kappa shape index (κ3) is 4.39. The highest BCUT2D eigenvalue weighted by Gasteiger charge is 2.40. The van der Waals surface area contributed by atoms with Gasteiger partial charge in [-0.15, -0.1) is 0 Å². The molecule has 1 saturated heterocycles. The molecule has 0 unspecified atom stereocenters. The standard InChI is InChI=1S/C18H14F4N4O5/c19-13-4-2-1-3-12(13)17(27)24-7-5-23(6-8-24)16-14(25(28)29)9-11(18(20,21)22)10-15(16)26(30)31/h1-4,9-10H,5-8H2. The Labute approximate surface area is 171 Å². The van der Waals surface area contributed by atoms with Gasteiger partial charge in [-0.2, -0.15) is 13.2 Å². The maximum atomic E-state index is 13.9. The summed E-state index contributed by atoms with van der Waals surface area (Å²) in [7, 11) is 0. The van der Waals surface area contributed by atoms with E-state index >= 15 is 0 Å². The van der Waals surface area contributed by atoms with Crippen LogP contribution in [-0.2, 0) is 6.18 Å². The lowest BCUT2D eigenvalue weighted by Crippen LogP contribution is -2.49. The van der Waals surface area contributed by atoms with Crippen molar-refractivity contribution in [2.45, 2.75) is 6.18 Å². The van der Waals surface area contributed by atoms with Crippen LogP contribution in [0.4, 0.5) is 34.6 Å². The highest BCUT2D eigenvalue weighted by atomic mass is 19.4. The lowest BCUT2D eigenvalue weighted by atomic mass is 10.1. The van der Waals surface area contributed by atoms with Crippen molar-refractivity contribution < 1.29 is 32.2 Å². The van der Waals surface area contributed by atoms with E-state index in [0.717, 1.165) is 6.07 Å². The number of nitro benzene ring substituents is 2. The molecule has 0 atom stereocenters. The van der Waals surface area contributed by atoms with Crippen LogP contribution >= 0.6 is 0 Å². The molecule has 1 heterocycles. The molecule has 1 aliphatic heterocycles. The average Bonchev–Trinajstić information content (AvgIpc) is 2.72. The van der Waals surface area contributed by atoms with Gasteiger partial charge in [-0.3, -0.25) is 25.0 Å². The Morgan fingerprint density at radius 2 is 1.45 bits per heavy atom. The van der Waals surface area contributed by atoms with Crippen LogP contribution in [0.1, 0.15) is 15.9 Å². The summed E-state index contributed by atoms with van der Waals surface area (Å²) in [6.45, 7) is -0.397. The summed E-state index contributed by atoms with van der Waals surface area (Å²) in [6, 6.07) is 5.78. The molecular weight excluding hydrogens is 428 g/mol. The highest BCUT2D eigenvalue weighted by Crippen LogP contribution is 2.43. The number of amides is 1. The van der Waals surface area contributed by atoms with Crippen molar-refractivity contribution in [1.82, 2.24) is 4.90 Å². The van der Waals surface area contributed by atoms with E-state index < -0.39 is 50.4 Å². The molecule has 1 aliphatic rings. The third-order valence-corrected chi connectivity index (χ3v) is 4.78. The number of carbonyl (C=O) groups is 1. The molecule has 0 radical (unpaired) electrons. The lowest BCUT2D eigenvalue weighted by molar-refractivity contribution is -0.393. The zero-order valence-electron chi connectivity index (χ0n) is 15.6. The first-order valence-electron chi connectivity index (χ1n) is 8.83. The van der Waals surface area contributed by atoms with Crippen molar-refractivity contribution in [3.63, 3.8) is 0 Å². The van der Waals surface area contributed by atoms with E-state index in [9.17, 15) is 42.6 Å². The number of halogens is 4. The number of nitrogens with zero attached hydrogens (tertiary/aromatic N) is 4. The molecule has 0 aliphatic carbocycles. The van der Waals surface area contributed by atoms with Crippen molar-refractivity contribution in [2.75, 3.05) is 31.1 Å². The van der Waals surface area contributed by atoms with Gasteiger partial charge in [0.1, 0.15) is 5.82 Å². The minimum atomic E-state index is -5.01. The zero-order chi connectivity index (χ0) is 22.9. The topological polar surface area (TPSA) is 110 Å². The van der Waals surface area contributed by atoms with Crippen molar-refractivity contribution in [3.8, 4) is 0 Å². The van der Waals surface area contributed by atoms with Gasteiger partial charge >= 0.3 is 6.18 Å². The van der Waals surface area contributed by atoms with Crippen LogP contribution in [0.25, 0.3) is 0 Å². The fourth-order valence-corrected chi connectivity index (χ4v) is 3.31. The first kappa shape index (κ1) is 21.9. The summed E-state index contributed by atoms with van der Waals surface area (Å²) < 4.78 is 53.0. The van der Waals surface area contributed by atoms with Crippen molar-refractivity contribution in [1.29, 1.82) is 0 Å². The lowest BCUT2D eigenvalue weighted by Gasteiger charge is -2.35. The Balaban J connectivity index is 1.92. The summed E-state index contributed by atoms with van der Waals surface area (Å²) in [5, 5.41) is 22.8. The minimum Gasteiger partial charge on any atom is -0.357 e. The van der Waals surface area contributed by atoms with E-state index in [4.69, 9.17) is 0 Å². The van der Waals surface area contributed by atoms with Crippen molar-refractivity contribution in [2.24, 2.45) is 0 Å². The second kappa shape index (κ2) is 8.16. The molecule has 0 aromatic heterocycles. The number of hydrogen-bond donors (Lipinski definition) is 0. The van der Waals surface area contributed by atoms with Gasteiger partial charge < -0.3 is 9.80 Å². The van der Waals surface area contributed by atoms with E-state index in [1.807, 2.05) is 0 Å². The summed E-state index contributed by atoms with van der Waals surface area (Å²) in [5.41, 5.74) is -4.38. The Kier molecular flexibility index (Phi) is 5.77. The number of benzene rings is 2. The van der Waals surface area contributed by atoms with E-state index in [0.29, 0.717) is 0 Å². The smallest absolute Gasteiger partial charge is 0.357 e. The van der Waals surface area contributed by atoms with Gasteiger partial charge in [0.25, 0.3) is 17.3 Å². The molecule has 13 heteroatoms. The molecule has 0 spiro atoms. The van der Waals surface area contributed by atoms with Gasteiger partial charge in [0.05, 0.1) is 21.0 Å². The third-order valence-electron chi connectivity index (χ3n) is 4.78. The molecule has 31 heavy (non-hydrogen) atoms. The maximum absolute atomic E-state index is 13.9. The Bertz CT molecular complexity index is 1020. The monoisotopic (exact) mass is 442 g/mol. The van der Waals surface area contributed by atoms with Crippen LogP contribution in [0.3, 0.4) is 0 Å². The normalized spacial score (nSPS) is 14.5. The molecule has 0 saturated carbocycles. The fourth-order valence-electron chi connectivity index (χ4n) is 3.31. The first-order chi connectivity index (χ1) is 14.5. The van der Waals surface area contributed by atoms with Crippen LogP contribution in [0.5, 0.6) is 0 Å². The molecular formula is C18H14F4N4O5. The Morgan fingerprint density at radius 1 is 0.935 bits per heavy atom. The van der Waals surface area contributed by atoms with Crippen molar-refractivity contribution >= 4 is 23.0 Å². The summed E-state index contributed by atoms with van der Waals surface area (Å²) in [5.74, 6) is -1.36. The zero-order valence-corrected chi connectivity index (χ0v) is 15.6. The van der Waals surface area contributed by atoms with Crippen molar-refractivity contribution in [3.05, 3.63) is 73.6 Å². The average molecular weight is 442 g/mol. The molecule has 1 amide bonds. The second-order valence-corrected chi connectivity index (χ2v) is 6.63. The quantitative estimate of drug-likeness (QED) is 0.406. The van der Waals surface area contributed by atoms with Crippen LogP contribution in [0, 0.1) is 26.0 Å². The Hall–Kier alpha value is -3.77. The molecule has 0 N–H and O–H groups in total. The molecule has 1 fully saturated rings. The largest absolute Gasteiger partial charge is 0.416 e. The maximum Gasteiger partial charge on any atom is 0.416 e. The predicted octanol–water partition coefficient (Wildman–Crippen LogP) is 3.62. The number of carbonyl (C=O) groups excluding carboxylic acids is 1. The summed E-state index contributed by atoms with van der Waals surface area (Å²) in [6.07, 6.45) is -5.01. The number of piperazine rings is 1. The molecule has 3 rings (SSSR count). The van der Waals surface area contributed by atoms with Gasteiger partial charge in [-0.1, -0.05) is 12.1 Å². The molecule has 2 aromatic carbocycles. The number of rotatable bonds is 4. The highest BCUT2D eigenvalue weighted by molar-refractivity contribution is 5.94. The van der Waals surface area contributed by atoms with Crippen LogP contribution in [0.15, 0.2) is 36.4 Å².